The molecule has 8 heteroatoms. The topological polar surface area (TPSA) is 88.5 Å². The summed E-state index contributed by atoms with van der Waals surface area (Å²) in [4.78, 5) is 30.3. The van der Waals surface area contributed by atoms with E-state index in [1.807, 2.05) is 19.1 Å². The maximum Gasteiger partial charge on any atom is 0.295 e. The number of morpholine rings is 1. The highest BCUT2D eigenvalue weighted by Crippen LogP contribution is 2.40. The molecule has 37 heavy (non-hydrogen) atoms. The average molecular weight is 507 g/mol. The molecular formula is C29H34N2O6. The maximum absolute atomic E-state index is 13.3. The lowest BCUT2D eigenvalue weighted by molar-refractivity contribution is -0.140. The van der Waals surface area contributed by atoms with Crippen LogP contribution >= 0.6 is 0 Å². The molecular weight excluding hydrogens is 472 g/mol. The number of rotatable bonds is 11. The molecule has 0 spiro atoms. The molecule has 196 valence electrons. The van der Waals surface area contributed by atoms with E-state index < -0.39 is 17.7 Å². The summed E-state index contributed by atoms with van der Waals surface area (Å²) in [6, 6.07) is 13.4. The zero-order valence-electron chi connectivity index (χ0n) is 21.2. The number of carbonyl (C=O) groups excluding carboxylic acids is 2. The van der Waals surface area contributed by atoms with Gasteiger partial charge in [0.1, 0.15) is 23.9 Å². The Balaban J connectivity index is 1.67. The minimum atomic E-state index is -0.717. The summed E-state index contributed by atoms with van der Waals surface area (Å²) < 4.78 is 16.6. The van der Waals surface area contributed by atoms with Crippen LogP contribution in [0.25, 0.3) is 5.76 Å². The highest BCUT2D eigenvalue weighted by molar-refractivity contribution is 6.46. The number of nitrogens with zero attached hydrogens (tertiary/aromatic N) is 2. The van der Waals surface area contributed by atoms with Crippen LogP contribution in [-0.4, -0.2) is 79.2 Å². The van der Waals surface area contributed by atoms with Crippen LogP contribution in [0.5, 0.6) is 11.5 Å². The van der Waals surface area contributed by atoms with Crippen LogP contribution in [0.2, 0.25) is 0 Å². The monoisotopic (exact) mass is 506 g/mol. The zero-order valence-corrected chi connectivity index (χ0v) is 21.2. The van der Waals surface area contributed by atoms with E-state index in [1.165, 1.54) is 0 Å². The minimum absolute atomic E-state index is 0.0777. The fourth-order valence-corrected chi connectivity index (χ4v) is 4.52. The Morgan fingerprint density at radius 1 is 1.03 bits per heavy atom. The molecule has 0 saturated carbocycles. The van der Waals surface area contributed by atoms with E-state index in [1.54, 1.807) is 47.4 Å². The highest BCUT2D eigenvalue weighted by Gasteiger charge is 2.46. The molecule has 8 nitrogen and oxygen atoms in total. The van der Waals surface area contributed by atoms with Gasteiger partial charge in [-0.3, -0.25) is 14.5 Å². The number of likely N-dealkylation sites (tertiary alicyclic amines) is 1. The Hall–Kier alpha value is -3.62. The highest BCUT2D eigenvalue weighted by atomic mass is 16.5. The third-order valence-corrected chi connectivity index (χ3v) is 6.47. The fourth-order valence-electron chi connectivity index (χ4n) is 4.52. The Morgan fingerprint density at radius 2 is 1.68 bits per heavy atom. The number of amides is 1. The van der Waals surface area contributed by atoms with Crippen molar-refractivity contribution >= 4 is 17.4 Å². The van der Waals surface area contributed by atoms with Gasteiger partial charge in [0.15, 0.2) is 0 Å². The fraction of sp³-hybridized carbons (Fsp3) is 0.379. The van der Waals surface area contributed by atoms with E-state index in [0.29, 0.717) is 56.6 Å². The van der Waals surface area contributed by atoms with Gasteiger partial charge in [0, 0.05) is 31.7 Å². The summed E-state index contributed by atoms with van der Waals surface area (Å²) in [6.07, 6.45) is 2.54. The van der Waals surface area contributed by atoms with E-state index >= 15 is 0 Å². The van der Waals surface area contributed by atoms with Crippen LogP contribution in [-0.2, 0) is 14.3 Å². The molecule has 2 aromatic rings. The van der Waals surface area contributed by atoms with Crippen LogP contribution in [0.3, 0.4) is 0 Å². The largest absolute Gasteiger partial charge is 0.507 e. The van der Waals surface area contributed by atoms with E-state index in [2.05, 4.69) is 11.5 Å². The summed E-state index contributed by atoms with van der Waals surface area (Å²) in [5.74, 6) is -0.184. The van der Waals surface area contributed by atoms with E-state index in [-0.39, 0.29) is 11.3 Å². The van der Waals surface area contributed by atoms with E-state index in [0.717, 1.165) is 25.1 Å². The normalized spacial score (nSPS) is 19.7. The van der Waals surface area contributed by atoms with Crippen molar-refractivity contribution in [2.75, 3.05) is 52.6 Å². The molecule has 1 N–H and O–H groups in total. The number of Topliss-reactive ketones (excluding diaryl/α,β-unsaturated/α-hetero) is 1. The lowest BCUT2D eigenvalue weighted by Gasteiger charge is -2.31. The molecule has 2 heterocycles. The third-order valence-electron chi connectivity index (χ3n) is 6.47. The predicted octanol–water partition coefficient (Wildman–Crippen LogP) is 3.79. The zero-order chi connectivity index (χ0) is 26.2. The quantitative estimate of drug-likeness (QED) is 0.215. The summed E-state index contributed by atoms with van der Waals surface area (Å²) in [5.41, 5.74) is 1.25. The van der Waals surface area contributed by atoms with Crippen molar-refractivity contribution in [1.29, 1.82) is 0 Å². The van der Waals surface area contributed by atoms with Gasteiger partial charge in [0.25, 0.3) is 11.7 Å². The Bertz CT molecular complexity index is 1120. The second kappa shape index (κ2) is 12.6. The number of aliphatic hydroxyl groups is 1. The molecule has 2 aromatic carbocycles. The second-order valence-corrected chi connectivity index (χ2v) is 8.99. The van der Waals surface area contributed by atoms with Gasteiger partial charge in [0.2, 0.25) is 0 Å². The molecule has 2 saturated heterocycles. The number of ether oxygens (including phenoxy) is 3. The molecule has 0 bridgehead atoms. The summed E-state index contributed by atoms with van der Waals surface area (Å²) in [6.45, 7) is 10.4. The van der Waals surface area contributed by atoms with Crippen LogP contribution < -0.4 is 9.47 Å². The van der Waals surface area contributed by atoms with Gasteiger partial charge < -0.3 is 24.2 Å². The summed E-state index contributed by atoms with van der Waals surface area (Å²) in [7, 11) is 0. The minimum Gasteiger partial charge on any atom is -0.507 e. The molecule has 1 amide bonds. The lowest BCUT2D eigenvalue weighted by atomic mass is 9.95. The first kappa shape index (κ1) is 26.4. The Kier molecular flexibility index (Phi) is 8.98. The Labute approximate surface area is 217 Å². The van der Waals surface area contributed by atoms with Gasteiger partial charge in [-0.25, -0.2) is 0 Å². The number of hydrogen-bond donors (Lipinski definition) is 1. The molecule has 2 aliphatic rings. The van der Waals surface area contributed by atoms with Gasteiger partial charge in [0.05, 0.1) is 31.4 Å². The van der Waals surface area contributed by atoms with Crippen molar-refractivity contribution in [2.45, 2.75) is 19.4 Å². The van der Waals surface area contributed by atoms with Crippen LogP contribution in [0.4, 0.5) is 0 Å². The average Bonchev–Trinajstić information content (AvgIpc) is 3.19. The third kappa shape index (κ3) is 6.21. The molecule has 4 rings (SSSR count). The molecule has 1 atom stereocenters. The van der Waals surface area contributed by atoms with Crippen LogP contribution in [0, 0.1) is 0 Å². The molecule has 0 radical (unpaired) electrons. The second-order valence-electron chi connectivity index (χ2n) is 8.99. The first-order chi connectivity index (χ1) is 18.0. The predicted molar refractivity (Wildman–Crippen MR) is 141 cm³/mol. The lowest BCUT2D eigenvalue weighted by Crippen LogP contribution is -2.42. The van der Waals surface area contributed by atoms with Crippen molar-refractivity contribution in [3.05, 3.63) is 77.9 Å². The van der Waals surface area contributed by atoms with Gasteiger partial charge in [-0.1, -0.05) is 31.7 Å². The Morgan fingerprint density at radius 3 is 2.32 bits per heavy atom. The first-order valence-corrected chi connectivity index (χ1v) is 12.7. The number of hydrogen-bond acceptors (Lipinski definition) is 7. The van der Waals surface area contributed by atoms with Gasteiger partial charge in [-0.05, 0) is 48.4 Å². The van der Waals surface area contributed by atoms with Gasteiger partial charge in [-0.15, -0.1) is 0 Å². The van der Waals surface area contributed by atoms with Crippen molar-refractivity contribution < 1.29 is 28.9 Å². The molecule has 0 aromatic heterocycles. The number of benzene rings is 2. The van der Waals surface area contributed by atoms with Crippen LogP contribution in [0.1, 0.15) is 30.5 Å². The maximum atomic E-state index is 13.3. The van der Waals surface area contributed by atoms with E-state index in [9.17, 15) is 14.7 Å². The van der Waals surface area contributed by atoms with Crippen LogP contribution in [0.15, 0.2) is 66.8 Å². The smallest absolute Gasteiger partial charge is 0.295 e. The van der Waals surface area contributed by atoms with Crippen molar-refractivity contribution in [2.24, 2.45) is 0 Å². The molecule has 2 fully saturated rings. The van der Waals surface area contributed by atoms with Crippen molar-refractivity contribution in [3.63, 3.8) is 0 Å². The number of aliphatic hydroxyl groups excluding tert-OH is 1. The molecule has 0 unspecified atom stereocenters. The summed E-state index contributed by atoms with van der Waals surface area (Å²) >= 11 is 0. The first-order valence-electron chi connectivity index (χ1n) is 12.7. The van der Waals surface area contributed by atoms with Crippen molar-refractivity contribution in [3.8, 4) is 11.5 Å². The van der Waals surface area contributed by atoms with Crippen molar-refractivity contribution in [1.82, 2.24) is 9.80 Å². The molecule has 2 aliphatic heterocycles. The molecule has 0 aliphatic carbocycles. The standard InChI is InChI=1S/C29H34N2O6/c1-3-17-36-23-9-5-21(6-10-23)26-25(27(32)22-7-11-24(12-8-22)37-18-4-2)28(33)29(34)31(26)14-13-30-15-19-35-20-16-30/h3,5-12,26,32H,1,4,13-20H2,2H3/t26-/m1/s1. The summed E-state index contributed by atoms with van der Waals surface area (Å²) in [5, 5.41) is 11.3. The van der Waals surface area contributed by atoms with Gasteiger partial charge >= 0.3 is 0 Å². The van der Waals surface area contributed by atoms with Gasteiger partial charge in [-0.2, -0.15) is 0 Å². The van der Waals surface area contributed by atoms with E-state index in [4.69, 9.17) is 14.2 Å². The number of carbonyl (C=O) groups is 2. The SMILES string of the molecule is C=CCOc1ccc([C@@H]2C(=C(O)c3ccc(OCCC)cc3)C(=O)C(=O)N2CCN2CCOCC2)cc1. The number of ketones is 1.